The fourth-order valence-electron chi connectivity index (χ4n) is 0.762. The topological polar surface area (TPSA) is 54.1 Å². The molecule has 60 valence electrons. The second-order valence-electron chi connectivity index (χ2n) is 2.54. The molecule has 0 fully saturated rings. The molecule has 0 aromatic rings. The molecule has 0 aliphatic carbocycles. The highest BCUT2D eigenvalue weighted by atomic mass is 16.1. The number of aliphatic imine (C=N–C) groups is 1. The predicted molar refractivity (Wildman–Crippen MR) is 41.6 cm³/mol. The average Bonchev–Trinajstić information content (AvgIpc) is 2.53. The van der Waals surface area contributed by atoms with E-state index in [0.29, 0.717) is 12.5 Å². The van der Waals surface area contributed by atoms with Crippen molar-refractivity contribution in [2.24, 2.45) is 21.1 Å². The second kappa shape index (κ2) is 3.37. The van der Waals surface area contributed by atoms with Gasteiger partial charge in [-0.25, -0.2) is 4.99 Å². The fourth-order valence-corrected chi connectivity index (χ4v) is 0.762. The summed E-state index contributed by atoms with van der Waals surface area (Å²) < 4.78 is 0. The van der Waals surface area contributed by atoms with Crippen LogP contribution in [0.5, 0.6) is 0 Å². The van der Waals surface area contributed by atoms with E-state index in [4.69, 9.17) is 0 Å². The predicted octanol–water partition coefficient (Wildman–Crippen LogP) is 1.42. The number of hydrogen-bond donors (Lipinski definition) is 0. The summed E-state index contributed by atoms with van der Waals surface area (Å²) in [6.45, 7) is 4.16. The molecule has 0 saturated carbocycles. The molecule has 11 heavy (non-hydrogen) atoms. The Kier molecular flexibility index (Phi) is 2.46. The summed E-state index contributed by atoms with van der Waals surface area (Å²) in [4.78, 5) is 15.1. The number of azo groups is 1. The first-order chi connectivity index (χ1) is 5.25. The maximum Gasteiger partial charge on any atom is 0.215 e. The number of Topliss-reactive ketones (excluding diaryl/α,β-unsaturated/α-hetero) is 1. The van der Waals surface area contributed by atoms with Gasteiger partial charge in [0.15, 0.2) is 6.67 Å². The zero-order valence-corrected chi connectivity index (χ0v) is 6.74. The third-order valence-electron chi connectivity index (χ3n) is 1.73. The largest absolute Gasteiger partial charge is 0.290 e. The number of rotatable bonds is 3. The van der Waals surface area contributed by atoms with Gasteiger partial charge < -0.3 is 0 Å². The molecule has 0 aromatic carbocycles. The van der Waals surface area contributed by atoms with Gasteiger partial charge in [-0.2, -0.15) is 5.11 Å². The van der Waals surface area contributed by atoms with E-state index in [0.717, 1.165) is 6.42 Å². The maximum atomic E-state index is 11.3. The molecule has 1 heterocycles. The molecule has 1 rings (SSSR count). The van der Waals surface area contributed by atoms with E-state index in [1.165, 1.54) is 0 Å². The Morgan fingerprint density at radius 3 is 2.91 bits per heavy atom. The number of carbonyl (C=O) groups is 1. The van der Waals surface area contributed by atoms with E-state index in [-0.39, 0.29) is 11.7 Å². The van der Waals surface area contributed by atoms with E-state index < -0.39 is 0 Å². The van der Waals surface area contributed by atoms with Crippen LogP contribution in [-0.4, -0.2) is 18.3 Å². The van der Waals surface area contributed by atoms with Gasteiger partial charge >= 0.3 is 0 Å². The van der Waals surface area contributed by atoms with Crippen molar-refractivity contribution in [2.75, 3.05) is 6.67 Å². The van der Waals surface area contributed by atoms with Gasteiger partial charge in [-0.1, -0.05) is 13.8 Å². The monoisotopic (exact) mass is 153 g/mol. The van der Waals surface area contributed by atoms with Gasteiger partial charge in [-0.15, -0.1) is 5.11 Å². The molecule has 1 atom stereocenters. The van der Waals surface area contributed by atoms with Crippen LogP contribution in [0.3, 0.4) is 0 Å². The van der Waals surface area contributed by atoms with Gasteiger partial charge in [0, 0.05) is 5.92 Å². The van der Waals surface area contributed by atoms with Crippen molar-refractivity contribution in [2.45, 2.75) is 20.3 Å². The molecule has 4 nitrogen and oxygen atoms in total. The summed E-state index contributed by atoms with van der Waals surface area (Å²) in [5, 5.41) is 7.23. The number of amidine groups is 1. The van der Waals surface area contributed by atoms with Crippen molar-refractivity contribution in [1.29, 1.82) is 0 Å². The fraction of sp³-hybridized carbons (Fsp3) is 0.714. The van der Waals surface area contributed by atoms with Gasteiger partial charge in [0.05, 0.1) is 0 Å². The van der Waals surface area contributed by atoms with Crippen LogP contribution < -0.4 is 0 Å². The summed E-state index contributed by atoms with van der Waals surface area (Å²) in [7, 11) is 0. The first-order valence-electron chi connectivity index (χ1n) is 3.72. The third kappa shape index (κ3) is 1.69. The molecule has 0 amide bonds. The van der Waals surface area contributed by atoms with E-state index in [1.54, 1.807) is 0 Å². The zero-order chi connectivity index (χ0) is 8.27. The summed E-state index contributed by atoms with van der Waals surface area (Å²) >= 11 is 0. The molecule has 0 spiro atoms. The highest BCUT2D eigenvalue weighted by Crippen LogP contribution is 2.07. The smallest absolute Gasteiger partial charge is 0.215 e. The normalized spacial score (nSPS) is 18.2. The lowest BCUT2D eigenvalue weighted by molar-refractivity contribution is -0.116. The van der Waals surface area contributed by atoms with Crippen LogP contribution >= 0.6 is 0 Å². The minimum absolute atomic E-state index is 0.00810. The Hall–Kier alpha value is -1.06. The lowest BCUT2D eigenvalue weighted by Gasteiger charge is -2.02. The zero-order valence-electron chi connectivity index (χ0n) is 6.74. The van der Waals surface area contributed by atoms with Crippen molar-refractivity contribution in [3.63, 3.8) is 0 Å². The molecular formula is C7H11N3O. The lowest BCUT2D eigenvalue weighted by atomic mass is 10.0. The number of nitrogens with zero attached hydrogens (tertiary/aromatic N) is 3. The minimum atomic E-state index is 0.00810. The van der Waals surface area contributed by atoms with E-state index in [1.807, 2.05) is 13.8 Å². The molecular weight excluding hydrogens is 142 g/mol. The van der Waals surface area contributed by atoms with Crippen molar-refractivity contribution < 1.29 is 4.79 Å². The number of hydrogen-bond acceptors (Lipinski definition) is 4. The van der Waals surface area contributed by atoms with Crippen molar-refractivity contribution in [3.05, 3.63) is 0 Å². The van der Waals surface area contributed by atoms with Gasteiger partial charge in [0.25, 0.3) is 0 Å². The van der Waals surface area contributed by atoms with Crippen molar-refractivity contribution in [1.82, 2.24) is 0 Å². The van der Waals surface area contributed by atoms with Crippen LogP contribution in [0.15, 0.2) is 15.2 Å². The van der Waals surface area contributed by atoms with E-state index >= 15 is 0 Å². The highest BCUT2D eigenvalue weighted by molar-refractivity contribution is 6.40. The Morgan fingerprint density at radius 2 is 2.45 bits per heavy atom. The standard InChI is InChI=1S/C7H11N3O/c1-3-5(2)6(11)7-8-4-9-10-7/h5H,3-4H2,1-2H3. The number of carbonyl (C=O) groups excluding carboxylic acids is 1. The number of ketones is 1. The van der Waals surface area contributed by atoms with Crippen LogP contribution in [0.4, 0.5) is 0 Å². The molecule has 4 heteroatoms. The molecule has 1 unspecified atom stereocenters. The van der Waals surface area contributed by atoms with Gasteiger partial charge in [0.2, 0.25) is 11.6 Å². The molecule has 0 saturated heterocycles. The maximum absolute atomic E-state index is 11.3. The van der Waals surface area contributed by atoms with Crippen LogP contribution in [0.2, 0.25) is 0 Å². The van der Waals surface area contributed by atoms with Crippen molar-refractivity contribution >= 4 is 11.6 Å². The SMILES string of the molecule is CCC(C)C(=O)C1=NCN=N1. The van der Waals surface area contributed by atoms with E-state index in [9.17, 15) is 4.79 Å². The molecule has 1 aliphatic rings. The molecule has 0 radical (unpaired) electrons. The molecule has 0 aromatic heterocycles. The first-order valence-corrected chi connectivity index (χ1v) is 3.72. The molecule has 0 bridgehead atoms. The Bertz CT molecular complexity index is 220. The second-order valence-corrected chi connectivity index (χ2v) is 2.54. The van der Waals surface area contributed by atoms with Crippen LogP contribution in [0.1, 0.15) is 20.3 Å². The van der Waals surface area contributed by atoms with Crippen LogP contribution in [0, 0.1) is 5.92 Å². The Morgan fingerprint density at radius 1 is 1.73 bits per heavy atom. The summed E-state index contributed by atoms with van der Waals surface area (Å²) in [5.41, 5.74) is 0. The van der Waals surface area contributed by atoms with Gasteiger partial charge in [0.1, 0.15) is 0 Å². The summed E-state index contributed by atoms with van der Waals surface area (Å²) in [5.74, 6) is 0.318. The Labute approximate surface area is 65.4 Å². The van der Waals surface area contributed by atoms with Crippen LogP contribution in [-0.2, 0) is 4.79 Å². The Balaban J connectivity index is 2.61. The average molecular weight is 153 g/mol. The minimum Gasteiger partial charge on any atom is -0.290 e. The lowest BCUT2D eigenvalue weighted by Crippen LogP contribution is -2.18. The highest BCUT2D eigenvalue weighted by Gasteiger charge is 2.18. The van der Waals surface area contributed by atoms with E-state index in [2.05, 4.69) is 15.2 Å². The summed E-state index contributed by atoms with van der Waals surface area (Å²) in [6, 6.07) is 0. The first kappa shape index (κ1) is 8.04. The molecule has 0 N–H and O–H groups in total. The summed E-state index contributed by atoms with van der Waals surface area (Å²) in [6.07, 6.45) is 0.827. The van der Waals surface area contributed by atoms with Gasteiger partial charge in [-0.3, -0.25) is 4.79 Å². The van der Waals surface area contributed by atoms with Crippen molar-refractivity contribution in [3.8, 4) is 0 Å². The third-order valence-corrected chi connectivity index (χ3v) is 1.73. The quantitative estimate of drug-likeness (QED) is 0.605. The van der Waals surface area contributed by atoms with Crippen LogP contribution in [0.25, 0.3) is 0 Å². The van der Waals surface area contributed by atoms with Gasteiger partial charge in [-0.05, 0) is 6.42 Å². The molecule has 1 aliphatic heterocycles.